The summed E-state index contributed by atoms with van der Waals surface area (Å²) in [5.41, 5.74) is 0.913. The van der Waals surface area contributed by atoms with Crippen LogP contribution in [-0.4, -0.2) is 5.11 Å². The smallest absolute Gasteiger partial charge is 0.120 e. The predicted octanol–water partition coefficient (Wildman–Crippen LogP) is 5.67. The van der Waals surface area contributed by atoms with E-state index in [0.717, 1.165) is 20.8 Å². The van der Waals surface area contributed by atoms with Crippen molar-refractivity contribution < 1.29 is 5.11 Å². The van der Waals surface area contributed by atoms with Crippen molar-refractivity contribution in [2.45, 2.75) is 32.4 Å². The standard InChI is InChI=1S/C15H17BrClNOS/c1-3-12(11-8-10(16)4-5-13(11)19)18-9(2)14-6-7-15(17)20-14/h4-9,12,18-19H,3H2,1-2H3. The number of hydrogen-bond donors (Lipinski definition) is 2. The summed E-state index contributed by atoms with van der Waals surface area (Å²) in [4.78, 5) is 1.20. The second-order valence-corrected chi connectivity index (χ2v) is 7.36. The summed E-state index contributed by atoms with van der Waals surface area (Å²) < 4.78 is 1.77. The number of rotatable bonds is 5. The third-order valence-electron chi connectivity index (χ3n) is 3.25. The van der Waals surface area contributed by atoms with E-state index in [9.17, 15) is 5.11 Å². The van der Waals surface area contributed by atoms with E-state index in [2.05, 4.69) is 35.1 Å². The van der Waals surface area contributed by atoms with Crippen molar-refractivity contribution in [3.8, 4) is 5.75 Å². The fourth-order valence-electron chi connectivity index (χ4n) is 2.18. The van der Waals surface area contributed by atoms with Crippen LogP contribution in [0, 0.1) is 0 Å². The lowest BCUT2D eigenvalue weighted by molar-refractivity contribution is 0.421. The quantitative estimate of drug-likeness (QED) is 0.706. The SMILES string of the molecule is CCC(NC(C)c1ccc(Cl)s1)c1cc(Br)ccc1O. The zero-order valence-corrected chi connectivity index (χ0v) is 14.5. The zero-order valence-electron chi connectivity index (χ0n) is 11.4. The van der Waals surface area contributed by atoms with Crippen LogP contribution < -0.4 is 5.32 Å². The summed E-state index contributed by atoms with van der Waals surface area (Å²) in [6.45, 7) is 4.21. The van der Waals surface area contributed by atoms with Gasteiger partial charge in [-0.05, 0) is 43.7 Å². The molecule has 1 aromatic carbocycles. The van der Waals surface area contributed by atoms with Crippen LogP contribution in [0.15, 0.2) is 34.8 Å². The van der Waals surface area contributed by atoms with Crippen LogP contribution in [0.3, 0.4) is 0 Å². The molecule has 0 amide bonds. The number of thiophene rings is 1. The van der Waals surface area contributed by atoms with Gasteiger partial charge in [0.2, 0.25) is 0 Å². The second kappa shape index (κ2) is 6.94. The third-order valence-corrected chi connectivity index (χ3v) is 5.15. The lowest BCUT2D eigenvalue weighted by atomic mass is 10.0. The van der Waals surface area contributed by atoms with Gasteiger partial charge in [0.1, 0.15) is 5.75 Å². The maximum absolute atomic E-state index is 10.0. The van der Waals surface area contributed by atoms with Crippen molar-refractivity contribution in [3.63, 3.8) is 0 Å². The molecule has 0 saturated heterocycles. The van der Waals surface area contributed by atoms with Crippen LogP contribution in [0.25, 0.3) is 0 Å². The molecule has 2 rings (SSSR count). The highest BCUT2D eigenvalue weighted by atomic mass is 79.9. The van der Waals surface area contributed by atoms with E-state index in [0.29, 0.717) is 5.75 Å². The summed E-state index contributed by atoms with van der Waals surface area (Å²) in [5.74, 6) is 0.323. The zero-order chi connectivity index (χ0) is 14.7. The Morgan fingerprint density at radius 2 is 2.10 bits per heavy atom. The topological polar surface area (TPSA) is 32.3 Å². The first kappa shape index (κ1) is 15.8. The molecule has 2 N–H and O–H groups in total. The minimum atomic E-state index is 0.100. The highest BCUT2D eigenvalue weighted by molar-refractivity contribution is 9.10. The normalized spacial score (nSPS) is 14.2. The van der Waals surface area contributed by atoms with Gasteiger partial charge in [-0.2, -0.15) is 0 Å². The molecule has 2 unspecified atom stereocenters. The summed E-state index contributed by atoms with van der Waals surface area (Å²) in [5, 5.41) is 13.6. The third kappa shape index (κ3) is 3.76. The van der Waals surface area contributed by atoms with Gasteiger partial charge < -0.3 is 10.4 Å². The molecule has 20 heavy (non-hydrogen) atoms. The van der Waals surface area contributed by atoms with E-state index in [-0.39, 0.29) is 12.1 Å². The van der Waals surface area contributed by atoms with Crippen molar-refractivity contribution in [3.05, 3.63) is 49.6 Å². The molecule has 1 heterocycles. The Labute approximate surface area is 136 Å². The molecular formula is C15H17BrClNOS. The number of phenolic OH excluding ortho intramolecular Hbond substituents is 1. The second-order valence-electron chi connectivity index (χ2n) is 4.69. The van der Waals surface area contributed by atoms with E-state index in [1.165, 1.54) is 4.88 Å². The molecule has 0 aliphatic carbocycles. The predicted molar refractivity (Wildman–Crippen MR) is 89.7 cm³/mol. The first-order valence-electron chi connectivity index (χ1n) is 6.51. The Hall–Kier alpha value is -0.550. The fourth-order valence-corrected chi connectivity index (χ4v) is 3.63. The van der Waals surface area contributed by atoms with Gasteiger partial charge in [0.25, 0.3) is 0 Å². The molecule has 5 heteroatoms. The number of hydrogen-bond acceptors (Lipinski definition) is 3. The van der Waals surface area contributed by atoms with Crippen molar-refractivity contribution in [2.75, 3.05) is 0 Å². The molecule has 2 atom stereocenters. The Morgan fingerprint density at radius 1 is 1.35 bits per heavy atom. The van der Waals surface area contributed by atoms with E-state index in [1.54, 1.807) is 17.4 Å². The number of nitrogens with one attached hydrogen (secondary N) is 1. The molecule has 0 radical (unpaired) electrons. The maximum atomic E-state index is 10.0. The van der Waals surface area contributed by atoms with Crippen LogP contribution in [0.5, 0.6) is 5.75 Å². The molecule has 2 aromatic rings. The Bertz CT molecular complexity index is 587. The summed E-state index contributed by atoms with van der Waals surface area (Å²) in [6, 6.07) is 9.77. The van der Waals surface area contributed by atoms with Crippen molar-refractivity contribution >= 4 is 38.9 Å². The van der Waals surface area contributed by atoms with Gasteiger partial charge >= 0.3 is 0 Å². The molecule has 2 nitrogen and oxygen atoms in total. The number of benzene rings is 1. The Kier molecular flexibility index (Phi) is 5.49. The molecule has 108 valence electrons. The van der Waals surface area contributed by atoms with E-state index < -0.39 is 0 Å². The highest BCUT2D eigenvalue weighted by Gasteiger charge is 2.18. The molecule has 0 aliphatic heterocycles. The molecular weight excluding hydrogens is 358 g/mol. The van der Waals surface area contributed by atoms with Gasteiger partial charge in [0.15, 0.2) is 0 Å². The lowest BCUT2D eigenvalue weighted by Gasteiger charge is -2.23. The van der Waals surface area contributed by atoms with E-state index in [4.69, 9.17) is 11.6 Å². The summed E-state index contributed by atoms with van der Waals surface area (Å²) in [7, 11) is 0. The molecule has 0 spiro atoms. The summed E-state index contributed by atoms with van der Waals surface area (Å²) >= 11 is 11.0. The van der Waals surface area contributed by atoms with Crippen molar-refractivity contribution in [1.29, 1.82) is 0 Å². The number of aromatic hydroxyl groups is 1. The van der Waals surface area contributed by atoms with Gasteiger partial charge in [0.05, 0.1) is 4.34 Å². The maximum Gasteiger partial charge on any atom is 0.120 e. The minimum absolute atomic E-state index is 0.100. The van der Waals surface area contributed by atoms with Gasteiger partial charge in [-0.25, -0.2) is 0 Å². The number of phenols is 1. The van der Waals surface area contributed by atoms with Gasteiger partial charge in [-0.15, -0.1) is 11.3 Å². The molecule has 0 aliphatic rings. The minimum Gasteiger partial charge on any atom is -0.508 e. The van der Waals surface area contributed by atoms with Crippen LogP contribution >= 0.6 is 38.9 Å². The van der Waals surface area contributed by atoms with Crippen LogP contribution in [0.4, 0.5) is 0 Å². The monoisotopic (exact) mass is 373 g/mol. The Balaban J connectivity index is 2.18. The van der Waals surface area contributed by atoms with Gasteiger partial charge in [-0.1, -0.05) is 34.5 Å². The molecule has 0 saturated carbocycles. The molecule has 1 aromatic heterocycles. The van der Waals surface area contributed by atoms with Crippen LogP contribution in [-0.2, 0) is 0 Å². The molecule has 0 fully saturated rings. The van der Waals surface area contributed by atoms with Crippen molar-refractivity contribution in [1.82, 2.24) is 5.32 Å². The highest BCUT2D eigenvalue weighted by Crippen LogP contribution is 2.33. The van der Waals surface area contributed by atoms with Crippen molar-refractivity contribution in [2.24, 2.45) is 0 Å². The molecule has 0 bridgehead atoms. The van der Waals surface area contributed by atoms with Gasteiger partial charge in [0, 0.05) is 27.0 Å². The Morgan fingerprint density at radius 3 is 2.70 bits per heavy atom. The van der Waals surface area contributed by atoms with Crippen LogP contribution in [0.2, 0.25) is 4.34 Å². The lowest BCUT2D eigenvalue weighted by Crippen LogP contribution is -2.23. The number of halogens is 2. The average molecular weight is 375 g/mol. The van der Waals surface area contributed by atoms with E-state index in [1.807, 2.05) is 24.3 Å². The first-order valence-corrected chi connectivity index (χ1v) is 8.49. The van der Waals surface area contributed by atoms with Gasteiger partial charge in [-0.3, -0.25) is 0 Å². The van der Waals surface area contributed by atoms with E-state index >= 15 is 0 Å². The largest absolute Gasteiger partial charge is 0.508 e. The first-order chi connectivity index (χ1) is 9.51. The summed E-state index contributed by atoms with van der Waals surface area (Å²) in [6.07, 6.45) is 0.896. The average Bonchev–Trinajstić information content (AvgIpc) is 2.85. The van der Waals surface area contributed by atoms with Crippen LogP contribution in [0.1, 0.15) is 42.8 Å². The fraction of sp³-hybridized carbons (Fsp3) is 0.333.